The molecule has 0 aliphatic carbocycles. The molecule has 1 aromatic rings. The van der Waals surface area contributed by atoms with Gasteiger partial charge in [-0.1, -0.05) is 18.2 Å². The molecule has 4 nitrogen and oxygen atoms in total. The highest BCUT2D eigenvalue weighted by Crippen LogP contribution is 2.39. The lowest BCUT2D eigenvalue weighted by molar-refractivity contribution is 0.0213. The SMILES string of the molecule is CN(C)CC(C)(O)CNC1CC(C)(C)Oc2ccccc21. The van der Waals surface area contributed by atoms with E-state index < -0.39 is 5.60 Å². The van der Waals surface area contributed by atoms with Gasteiger partial charge in [0, 0.05) is 31.1 Å². The van der Waals surface area contributed by atoms with Crippen LogP contribution in [0.1, 0.15) is 38.8 Å². The normalized spacial score (nSPS) is 23.3. The third-order valence-electron chi connectivity index (χ3n) is 3.76. The summed E-state index contributed by atoms with van der Waals surface area (Å²) in [4.78, 5) is 2.00. The Bertz CT molecular complexity index is 483. The van der Waals surface area contributed by atoms with Crippen molar-refractivity contribution in [1.82, 2.24) is 10.2 Å². The van der Waals surface area contributed by atoms with Crippen LogP contribution in [0.25, 0.3) is 0 Å². The summed E-state index contributed by atoms with van der Waals surface area (Å²) in [6.07, 6.45) is 0.891. The maximum Gasteiger partial charge on any atom is 0.124 e. The Kier molecular flexibility index (Phi) is 4.61. The van der Waals surface area contributed by atoms with E-state index in [0.29, 0.717) is 13.1 Å². The van der Waals surface area contributed by atoms with Gasteiger partial charge in [-0.05, 0) is 40.9 Å². The molecule has 2 rings (SSSR count). The molecule has 0 amide bonds. The van der Waals surface area contributed by atoms with E-state index in [1.165, 1.54) is 5.56 Å². The van der Waals surface area contributed by atoms with E-state index in [1.807, 2.05) is 44.1 Å². The molecule has 1 heterocycles. The molecule has 1 aliphatic rings. The molecule has 0 spiro atoms. The highest BCUT2D eigenvalue weighted by Gasteiger charge is 2.34. The fraction of sp³-hybridized carbons (Fsp3) is 0.647. The molecule has 2 atom stereocenters. The Morgan fingerprint density at radius 1 is 1.38 bits per heavy atom. The molecule has 1 aromatic carbocycles. The largest absolute Gasteiger partial charge is 0.487 e. The van der Waals surface area contributed by atoms with Crippen LogP contribution >= 0.6 is 0 Å². The Morgan fingerprint density at radius 2 is 2.05 bits per heavy atom. The van der Waals surface area contributed by atoms with Crippen LogP contribution in [-0.4, -0.2) is 48.4 Å². The third kappa shape index (κ3) is 4.43. The molecule has 2 unspecified atom stereocenters. The highest BCUT2D eigenvalue weighted by atomic mass is 16.5. The van der Waals surface area contributed by atoms with E-state index >= 15 is 0 Å². The molecule has 118 valence electrons. The standard InChI is InChI=1S/C17H28N2O2/c1-16(2)10-14(13-8-6-7-9-15(13)21-16)18-11-17(3,20)12-19(4)5/h6-9,14,18,20H,10-12H2,1-5H3. The van der Waals surface area contributed by atoms with Crippen LogP contribution in [0.3, 0.4) is 0 Å². The van der Waals surface area contributed by atoms with Gasteiger partial charge in [0.2, 0.25) is 0 Å². The second-order valence-corrected chi connectivity index (χ2v) is 7.27. The zero-order valence-electron chi connectivity index (χ0n) is 13.8. The Hall–Kier alpha value is -1.10. The number of fused-ring (bicyclic) bond motifs is 1. The number of hydrogen-bond acceptors (Lipinski definition) is 4. The maximum atomic E-state index is 10.5. The van der Waals surface area contributed by atoms with Gasteiger partial charge in [0.05, 0.1) is 5.60 Å². The predicted molar refractivity (Wildman–Crippen MR) is 85.7 cm³/mol. The molecule has 0 saturated carbocycles. The van der Waals surface area contributed by atoms with E-state index in [2.05, 4.69) is 25.2 Å². The van der Waals surface area contributed by atoms with Crippen LogP contribution < -0.4 is 10.1 Å². The molecule has 0 aromatic heterocycles. The molecule has 1 aliphatic heterocycles. The summed E-state index contributed by atoms with van der Waals surface area (Å²) in [5.41, 5.74) is 0.234. The number of aliphatic hydroxyl groups is 1. The average molecular weight is 292 g/mol. The number of hydrogen-bond donors (Lipinski definition) is 2. The Balaban J connectivity index is 2.09. The van der Waals surface area contributed by atoms with E-state index in [1.54, 1.807) is 0 Å². The number of likely N-dealkylation sites (N-methyl/N-ethyl adjacent to an activating group) is 1. The van der Waals surface area contributed by atoms with Crippen molar-refractivity contribution in [1.29, 1.82) is 0 Å². The monoisotopic (exact) mass is 292 g/mol. The van der Waals surface area contributed by atoms with Crippen LogP contribution in [0.4, 0.5) is 0 Å². The first-order valence-corrected chi connectivity index (χ1v) is 7.57. The lowest BCUT2D eigenvalue weighted by atomic mass is 9.89. The third-order valence-corrected chi connectivity index (χ3v) is 3.76. The van der Waals surface area contributed by atoms with Gasteiger partial charge in [0.15, 0.2) is 0 Å². The zero-order valence-corrected chi connectivity index (χ0v) is 13.8. The van der Waals surface area contributed by atoms with Crippen molar-refractivity contribution < 1.29 is 9.84 Å². The summed E-state index contributed by atoms with van der Waals surface area (Å²) in [6, 6.07) is 8.36. The van der Waals surface area contributed by atoms with Crippen molar-refractivity contribution in [2.75, 3.05) is 27.2 Å². The zero-order chi connectivity index (χ0) is 15.7. The van der Waals surface area contributed by atoms with E-state index in [0.717, 1.165) is 12.2 Å². The molecular formula is C17H28N2O2. The number of rotatable bonds is 5. The molecule has 2 N–H and O–H groups in total. The maximum absolute atomic E-state index is 10.5. The van der Waals surface area contributed by atoms with Crippen LogP contribution in [0, 0.1) is 0 Å². The highest BCUT2D eigenvalue weighted by molar-refractivity contribution is 5.38. The second-order valence-electron chi connectivity index (χ2n) is 7.27. The summed E-state index contributed by atoms with van der Waals surface area (Å²) >= 11 is 0. The van der Waals surface area contributed by atoms with Crippen molar-refractivity contribution in [3.8, 4) is 5.75 Å². The van der Waals surface area contributed by atoms with Gasteiger partial charge in [0.1, 0.15) is 11.4 Å². The topological polar surface area (TPSA) is 44.7 Å². The Morgan fingerprint density at radius 3 is 2.71 bits per heavy atom. The average Bonchev–Trinajstić information content (AvgIpc) is 2.33. The van der Waals surface area contributed by atoms with Crippen molar-refractivity contribution in [2.45, 2.75) is 44.4 Å². The van der Waals surface area contributed by atoms with Crippen molar-refractivity contribution >= 4 is 0 Å². The smallest absolute Gasteiger partial charge is 0.124 e. The van der Waals surface area contributed by atoms with Crippen LogP contribution in [0.15, 0.2) is 24.3 Å². The van der Waals surface area contributed by atoms with Gasteiger partial charge < -0.3 is 20.1 Å². The summed E-state index contributed by atoms with van der Waals surface area (Å²) in [6.45, 7) is 7.27. The first-order valence-electron chi connectivity index (χ1n) is 7.57. The van der Waals surface area contributed by atoms with Crippen molar-refractivity contribution in [3.63, 3.8) is 0 Å². The van der Waals surface area contributed by atoms with Gasteiger partial charge in [-0.3, -0.25) is 0 Å². The number of nitrogens with one attached hydrogen (secondary N) is 1. The van der Waals surface area contributed by atoms with Gasteiger partial charge in [-0.2, -0.15) is 0 Å². The van der Waals surface area contributed by atoms with Crippen molar-refractivity contribution in [2.24, 2.45) is 0 Å². The summed E-state index contributed by atoms with van der Waals surface area (Å²) in [7, 11) is 3.95. The summed E-state index contributed by atoms with van der Waals surface area (Å²) in [5.74, 6) is 0.943. The van der Waals surface area contributed by atoms with Crippen LogP contribution in [0.5, 0.6) is 5.75 Å². The second kappa shape index (κ2) is 5.95. The molecule has 0 fully saturated rings. The van der Waals surface area contributed by atoms with Gasteiger partial charge in [-0.15, -0.1) is 0 Å². The first-order chi connectivity index (χ1) is 9.69. The number of para-hydroxylation sites is 1. The van der Waals surface area contributed by atoms with E-state index in [9.17, 15) is 5.11 Å². The van der Waals surface area contributed by atoms with Gasteiger partial charge >= 0.3 is 0 Å². The van der Waals surface area contributed by atoms with Crippen molar-refractivity contribution in [3.05, 3.63) is 29.8 Å². The Labute approximate surface area is 128 Å². The van der Waals surface area contributed by atoms with Crippen LogP contribution in [-0.2, 0) is 0 Å². The van der Waals surface area contributed by atoms with Crippen LogP contribution in [0.2, 0.25) is 0 Å². The summed E-state index contributed by atoms with van der Waals surface area (Å²) in [5, 5.41) is 14.0. The van der Waals surface area contributed by atoms with Gasteiger partial charge in [-0.25, -0.2) is 0 Å². The predicted octanol–water partition coefficient (Wildman–Crippen LogP) is 2.19. The number of nitrogens with zero attached hydrogens (tertiary/aromatic N) is 1. The lowest BCUT2D eigenvalue weighted by Gasteiger charge is -2.39. The molecule has 4 heteroatoms. The minimum Gasteiger partial charge on any atom is -0.487 e. The van der Waals surface area contributed by atoms with Gasteiger partial charge in [0.25, 0.3) is 0 Å². The van der Waals surface area contributed by atoms with E-state index in [4.69, 9.17) is 4.74 Å². The molecule has 0 radical (unpaired) electrons. The minimum absolute atomic E-state index is 0.195. The molecule has 0 bridgehead atoms. The fourth-order valence-electron chi connectivity index (χ4n) is 3.06. The molecule has 0 saturated heterocycles. The lowest BCUT2D eigenvalue weighted by Crippen LogP contribution is -2.48. The first kappa shape index (κ1) is 16.3. The molecule has 21 heavy (non-hydrogen) atoms. The quantitative estimate of drug-likeness (QED) is 0.873. The molecular weight excluding hydrogens is 264 g/mol. The summed E-state index contributed by atoms with van der Waals surface area (Å²) < 4.78 is 6.04. The van der Waals surface area contributed by atoms with E-state index in [-0.39, 0.29) is 11.6 Å². The number of ether oxygens (including phenoxy) is 1. The minimum atomic E-state index is -0.749. The number of benzene rings is 1. The fourth-order valence-corrected chi connectivity index (χ4v) is 3.06.